The van der Waals surface area contributed by atoms with Gasteiger partial charge in [0.2, 0.25) is 5.91 Å². The second kappa shape index (κ2) is 7.06. The Balaban J connectivity index is 1.44. The molecule has 1 saturated heterocycles. The topological polar surface area (TPSA) is 49.4 Å². The number of hydrogen-bond donors (Lipinski definition) is 1. The summed E-state index contributed by atoms with van der Waals surface area (Å²) in [4.78, 5) is 27.3. The summed E-state index contributed by atoms with van der Waals surface area (Å²) in [6.45, 7) is 4.09. The first-order chi connectivity index (χ1) is 13.0. The Bertz CT molecular complexity index is 761. The standard InChI is InChI=1S/C21H24F2N2O2/c1-2-12-9-18(12)21(27)25-17(8-13-4-3-5-19(13)25)11-24-20(26)14-6-15(22)10-16(23)7-14/h2,6-7,10,12-13,17-19H,1,3-5,8-9,11H2,(H,24,26)/t12-,13-,17-,18+,19-/m0/s1. The first-order valence-corrected chi connectivity index (χ1v) is 9.67. The Kier molecular flexibility index (Phi) is 4.74. The molecule has 1 aromatic rings. The molecule has 2 saturated carbocycles. The molecule has 1 aromatic carbocycles. The molecule has 1 heterocycles. The van der Waals surface area contributed by atoms with Gasteiger partial charge in [0.1, 0.15) is 11.6 Å². The number of carbonyl (C=O) groups is 2. The minimum Gasteiger partial charge on any atom is -0.350 e. The highest BCUT2D eigenvalue weighted by atomic mass is 19.1. The molecule has 0 spiro atoms. The van der Waals surface area contributed by atoms with Gasteiger partial charge in [-0.1, -0.05) is 12.5 Å². The minimum atomic E-state index is -0.781. The lowest BCUT2D eigenvalue weighted by Crippen LogP contribution is -2.47. The minimum absolute atomic E-state index is 0.0253. The third-order valence-electron chi connectivity index (χ3n) is 6.28. The summed E-state index contributed by atoms with van der Waals surface area (Å²) in [5.41, 5.74) is -0.0440. The summed E-state index contributed by atoms with van der Waals surface area (Å²) in [5.74, 6) is -1.13. The number of amides is 2. The smallest absolute Gasteiger partial charge is 0.251 e. The SMILES string of the molecule is C=C[C@H]1C[C@H]1C(=O)N1[C@H](CNC(=O)c2cc(F)cc(F)c2)C[C@@H]2CCC[C@@H]21. The summed E-state index contributed by atoms with van der Waals surface area (Å²) in [6.07, 6.45) is 6.85. The number of likely N-dealkylation sites (tertiary alicyclic amines) is 1. The summed E-state index contributed by atoms with van der Waals surface area (Å²) in [7, 11) is 0. The average molecular weight is 374 g/mol. The third kappa shape index (κ3) is 3.49. The van der Waals surface area contributed by atoms with Crippen molar-refractivity contribution >= 4 is 11.8 Å². The van der Waals surface area contributed by atoms with Crippen molar-refractivity contribution in [2.24, 2.45) is 17.8 Å². The van der Waals surface area contributed by atoms with E-state index >= 15 is 0 Å². The molecule has 1 aliphatic heterocycles. The Morgan fingerprint density at radius 1 is 1.19 bits per heavy atom. The van der Waals surface area contributed by atoms with Crippen molar-refractivity contribution in [2.45, 2.75) is 44.2 Å². The molecule has 4 rings (SSSR count). The molecular weight excluding hydrogens is 350 g/mol. The van der Waals surface area contributed by atoms with Crippen LogP contribution in [0, 0.1) is 29.4 Å². The predicted molar refractivity (Wildman–Crippen MR) is 96.9 cm³/mol. The van der Waals surface area contributed by atoms with Crippen molar-refractivity contribution in [3.63, 3.8) is 0 Å². The highest BCUT2D eigenvalue weighted by Crippen LogP contribution is 2.47. The molecule has 2 amide bonds. The van der Waals surface area contributed by atoms with E-state index in [0.29, 0.717) is 12.5 Å². The van der Waals surface area contributed by atoms with Gasteiger partial charge < -0.3 is 10.2 Å². The van der Waals surface area contributed by atoms with E-state index in [1.54, 1.807) is 0 Å². The zero-order valence-corrected chi connectivity index (χ0v) is 15.2. The largest absolute Gasteiger partial charge is 0.350 e. The fraction of sp³-hybridized carbons (Fsp3) is 0.524. The van der Waals surface area contributed by atoms with Crippen molar-refractivity contribution < 1.29 is 18.4 Å². The molecule has 3 fully saturated rings. The molecule has 6 heteroatoms. The molecule has 1 N–H and O–H groups in total. The first-order valence-electron chi connectivity index (χ1n) is 9.67. The van der Waals surface area contributed by atoms with Gasteiger partial charge in [-0.25, -0.2) is 8.78 Å². The molecule has 5 atom stereocenters. The van der Waals surface area contributed by atoms with E-state index in [-0.39, 0.29) is 35.4 Å². The summed E-state index contributed by atoms with van der Waals surface area (Å²) >= 11 is 0. The second-order valence-corrected chi connectivity index (χ2v) is 8.00. The Morgan fingerprint density at radius 3 is 2.59 bits per heavy atom. The van der Waals surface area contributed by atoms with Crippen LogP contribution >= 0.6 is 0 Å². The lowest BCUT2D eigenvalue weighted by atomic mass is 10.0. The number of carbonyl (C=O) groups excluding carboxylic acids is 2. The molecule has 0 aromatic heterocycles. The summed E-state index contributed by atoms with van der Waals surface area (Å²) in [6, 6.07) is 2.98. The Hall–Kier alpha value is -2.24. The number of nitrogens with one attached hydrogen (secondary N) is 1. The maximum Gasteiger partial charge on any atom is 0.251 e. The van der Waals surface area contributed by atoms with Gasteiger partial charge in [0, 0.05) is 36.2 Å². The molecule has 0 radical (unpaired) electrons. The number of benzene rings is 1. The number of hydrogen-bond acceptors (Lipinski definition) is 2. The number of halogens is 2. The molecule has 3 aliphatic rings. The van der Waals surface area contributed by atoms with Crippen molar-refractivity contribution in [1.29, 1.82) is 0 Å². The molecule has 0 unspecified atom stereocenters. The van der Waals surface area contributed by atoms with Gasteiger partial charge in [0.25, 0.3) is 5.91 Å². The van der Waals surface area contributed by atoms with Gasteiger partial charge in [-0.05, 0) is 49.7 Å². The van der Waals surface area contributed by atoms with Crippen LogP contribution in [0.5, 0.6) is 0 Å². The Labute approximate surface area is 157 Å². The van der Waals surface area contributed by atoms with Crippen LogP contribution in [0.3, 0.4) is 0 Å². The highest BCUT2D eigenvalue weighted by Gasteiger charge is 2.51. The van der Waals surface area contributed by atoms with E-state index < -0.39 is 17.5 Å². The third-order valence-corrected chi connectivity index (χ3v) is 6.28. The number of fused-ring (bicyclic) bond motifs is 1. The van der Waals surface area contributed by atoms with E-state index in [4.69, 9.17) is 0 Å². The van der Waals surface area contributed by atoms with Gasteiger partial charge in [-0.3, -0.25) is 9.59 Å². The van der Waals surface area contributed by atoms with Crippen molar-refractivity contribution in [3.8, 4) is 0 Å². The lowest BCUT2D eigenvalue weighted by Gasteiger charge is -2.30. The first kappa shape index (κ1) is 18.1. The van der Waals surface area contributed by atoms with Crippen molar-refractivity contribution in [1.82, 2.24) is 10.2 Å². The van der Waals surface area contributed by atoms with Crippen LogP contribution in [0.2, 0.25) is 0 Å². The monoisotopic (exact) mass is 374 g/mol. The van der Waals surface area contributed by atoms with E-state index in [0.717, 1.165) is 50.3 Å². The van der Waals surface area contributed by atoms with Crippen LogP contribution in [0.25, 0.3) is 0 Å². The Morgan fingerprint density at radius 2 is 1.93 bits per heavy atom. The summed E-state index contributed by atoms with van der Waals surface area (Å²) in [5, 5.41) is 2.77. The second-order valence-electron chi connectivity index (χ2n) is 8.00. The van der Waals surface area contributed by atoms with Gasteiger partial charge >= 0.3 is 0 Å². The molecule has 2 aliphatic carbocycles. The van der Waals surface area contributed by atoms with E-state index in [1.807, 2.05) is 11.0 Å². The summed E-state index contributed by atoms with van der Waals surface area (Å²) < 4.78 is 26.7. The van der Waals surface area contributed by atoms with Gasteiger partial charge in [0.05, 0.1) is 0 Å². The van der Waals surface area contributed by atoms with Crippen LogP contribution in [-0.2, 0) is 4.79 Å². The van der Waals surface area contributed by atoms with E-state index in [9.17, 15) is 18.4 Å². The fourth-order valence-corrected chi connectivity index (χ4v) is 4.87. The zero-order valence-electron chi connectivity index (χ0n) is 15.2. The van der Waals surface area contributed by atoms with Crippen LogP contribution < -0.4 is 5.32 Å². The molecule has 27 heavy (non-hydrogen) atoms. The lowest BCUT2D eigenvalue weighted by molar-refractivity contribution is -0.135. The quantitative estimate of drug-likeness (QED) is 0.804. The normalized spacial score (nSPS) is 31.5. The van der Waals surface area contributed by atoms with Crippen LogP contribution in [-0.4, -0.2) is 35.3 Å². The van der Waals surface area contributed by atoms with Crippen LogP contribution in [0.4, 0.5) is 8.78 Å². The number of rotatable bonds is 5. The zero-order chi connectivity index (χ0) is 19.1. The fourth-order valence-electron chi connectivity index (χ4n) is 4.87. The van der Waals surface area contributed by atoms with E-state index in [1.165, 1.54) is 0 Å². The van der Waals surface area contributed by atoms with Gasteiger partial charge in [-0.15, -0.1) is 6.58 Å². The highest BCUT2D eigenvalue weighted by molar-refractivity contribution is 5.94. The van der Waals surface area contributed by atoms with Crippen molar-refractivity contribution in [2.75, 3.05) is 6.54 Å². The maximum atomic E-state index is 13.3. The van der Waals surface area contributed by atoms with Gasteiger partial charge in [-0.2, -0.15) is 0 Å². The number of nitrogens with zero attached hydrogens (tertiary/aromatic N) is 1. The van der Waals surface area contributed by atoms with Crippen LogP contribution in [0.1, 0.15) is 42.5 Å². The molecular formula is C21H24F2N2O2. The van der Waals surface area contributed by atoms with Crippen molar-refractivity contribution in [3.05, 3.63) is 48.1 Å². The number of allylic oxidation sites excluding steroid dienone is 1. The average Bonchev–Trinajstić information content (AvgIpc) is 3.15. The maximum absolute atomic E-state index is 13.3. The predicted octanol–water partition coefficient (Wildman–Crippen LogP) is 3.29. The van der Waals surface area contributed by atoms with E-state index in [2.05, 4.69) is 11.9 Å². The van der Waals surface area contributed by atoms with Gasteiger partial charge in [0.15, 0.2) is 0 Å². The molecule has 0 bridgehead atoms. The molecule has 4 nitrogen and oxygen atoms in total. The molecule has 144 valence electrons. The van der Waals surface area contributed by atoms with Crippen LogP contribution in [0.15, 0.2) is 30.9 Å².